The van der Waals surface area contributed by atoms with Crippen molar-refractivity contribution in [2.75, 3.05) is 4.90 Å². The van der Waals surface area contributed by atoms with Crippen LogP contribution < -0.4 is 4.90 Å². The molecule has 0 N–H and O–H groups in total. The maximum Gasteiger partial charge on any atom is 0.293 e. The Hall–Kier alpha value is -1.40. The predicted molar refractivity (Wildman–Crippen MR) is 84.3 cm³/mol. The van der Waals surface area contributed by atoms with Crippen molar-refractivity contribution in [3.05, 3.63) is 55.2 Å². The Labute approximate surface area is 129 Å². The van der Waals surface area contributed by atoms with E-state index in [2.05, 4.69) is 32.3 Å². The predicted octanol–water partition coefficient (Wildman–Crippen LogP) is 4.59. The number of nitrogens with zero attached hydrogens (tertiary/aromatic N) is 2. The van der Waals surface area contributed by atoms with Crippen molar-refractivity contribution in [3.63, 3.8) is 0 Å². The Bertz CT molecular complexity index is 626. The molecule has 4 nitrogen and oxygen atoms in total. The molecule has 0 spiro atoms. The molecule has 0 bridgehead atoms. The summed E-state index contributed by atoms with van der Waals surface area (Å²) in [5, 5.41) is 15.4. The molecule has 1 aliphatic rings. The first-order valence-electron chi connectivity index (χ1n) is 6.37. The van der Waals surface area contributed by atoms with Gasteiger partial charge in [0.15, 0.2) is 0 Å². The van der Waals surface area contributed by atoms with Gasteiger partial charge in [-0.1, -0.05) is 15.9 Å². The monoisotopic (exact) mass is 352 g/mol. The second kappa shape index (κ2) is 5.54. The van der Waals surface area contributed by atoms with Crippen LogP contribution in [0.5, 0.6) is 0 Å². The quantitative estimate of drug-likeness (QED) is 0.584. The van der Waals surface area contributed by atoms with Gasteiger partial charge >= 0.3 is 0 Å². The van der Waals surface area contributed by atoms with Crippen LogP contribution in [0.25, 0.3) is 0 Å². The van der Waals surface area contributed by atoms with E-state index in [0.29, 0.717) is 11.7 Å². The van der Waals surface area contributed by atoms with Gasteiger partial charge in [-0.3, -0.25) is 10.1 Å². The molecule has 0 saturated heterocycles. The highest BCUT2D eigenvalue weighted by atomic mass is 79.9. The second-order valence-corrected chi connectivity index (χ2v) is 6.58. The van der Waals surface area contributed by atoms with Gasteiger partial charge in [0.25, 0.3) is 5.69 Å². The van der Waals surface area contributed by atoms with Crippen molar-refractivity contribution >= 4 is 38.6 Å². The number of nitro groups is 1. The summed E-state index contributed by atoms with van der Waals surface area (Å²) >= 11 is 4.96. The highest BCUT2D eigenvalue weighted by Crippen LogP contribution is 2.39. The van der Waals surface area contributed by atoms with Crippen LogP contribution in [-0.2, 0) is 6.54 Å². The van der Waals surface area contributed by atoms with Gasteiger partial charge in [-0.15, -0.1) is 0 Å². The third-order valence-electron chi connectivity index (χ3n) is 3.36. The lowest BCUT2D eigenvalue weighted by molar-refractivity contribution is -0.384. The molecule has 1 heterocycles. The topological polar surface area (TPSA) is 46.4 Å². The normalized spacial score (nSPS) is 14.2. The fourth-order valence-electron chi connectivity index (χ4n) is 2.26. The molecule has 1 fully saturated rings. The van der Waals surface area contributed by atoms with Crippen molar-refractivity contribution in [3.8, 4) is 0 Å². The minimum Gasteiger partial charge on any atom is -0.359 e. The fraction of sp³-hybridized carbons (Fsp3) is 0.286. The summed E-state index contributed by atoms with van der Waals surface area (Å²) in [6, 6.07) is 7.79. The van der Waals surface area contributed by atoms with Crippen LogP contribution in [0, 0.1) is 10.1 Å². The van der Waals surface area contributed by atoms with Gasteiger partial charge in [-0.05, 0) is 47.4 Å². The third kappa shape index (κ3) is 2.86. The van der Waals surface area contributed by atoms with Crippen LogP contribution >= 0.6 is 27.3 Å². The maximum atomic E-state index is 11.3. The highest BCUT2D eigenvalue weighted by molar-refractivity contribution is 9.10. The second-order valence-electron chi connectivity index (χ2n) is 4.88. The molecular formula is C14H13BrN2O2S. The van der Waals surface area contributed by atoms with Crippen LogP contribution in [0.15, 0.2) is 39.5 Å². The van der Waals surface area contributed by atoms with Gasteiger partial charge < -0.3 is 4.90 Å². The fourth-order valence-corrected chi connectivity index (χ4v) is 3.27. The van der Waals surface area contributed by atoms with E-state index in [0.717, 1.165) is 23.9 Å². The van der Waals surface area contributed by atoms with Crippen molar-refractivity contribution in [2.45, 2.75) is 25.4 Å². The molecule has 20 heavy (non-hydrogen) atoms. The van der Waals surface area contributed by atoms with Crippen LogP contribution in [0.4, 0.5) is 11.4 Å². The molecule has 6 heteroatoms. The van der Waals surface area contributed by atoms with Gasteiger partial charge in [-0.25, -0.2) is 0 Å². The van der Waals surface area contributed by atoms with Gasteiger partial charge in [0.05, 0.1) is 4.92 Å². The summed E-state index contributed by atoms with van der Waals surface area (Å²) in [5.41, 5.74) is 2.09. The summed E-state index contributed by atoms with van der Waals surface area (Å²) < 4.78 is 0.735. The number of benzene rings is 1. The smallest absolute Gasteiger partial charge is 0.293 e. The first-order chi connectivity index (χ1) is 9.65. The largest absolute Gasteiger partial charge is 0.359 e. The number of hydrogen-bond donors (Lipinski definition) is 0. The van der Waals surface area contributed by atoms with E-state index in [4.69, 9.17) is 0 Å². The van der Waals surface area contributed by atoms with E-state index >= 15 is 0 Å². The molecular weight excluding hydrogens is 340 g/mol. The number of hydrogen-bond acceptors (Lipinski definition) is 4. The lowest BCUT2D eigenvalue weighted by atomic mass is 10.2. The maximum absolute atomic E-state index is 11.3. The molecule has 3 rings (SSSR count). The summed E-state index contributed by atoms with van der Waals surface area (Å²) in [5.74, 6) is 0. The highest BCUT2D eigenvalue weighted by Gasteiger charge is 2.33. The number of anilines is 1. The molecule has 104 valence electrons. The lowest BCUT2D eigenvalue weighted by Crippen LogP contribution is -2.25. The Morgan fingerprint density at radius 1 is 1.40 bits per heavy atom. The molecule has 2 aromatic rings. The van der Waals surface area contributed by atoms with Crippen LogP contribution in [-0.4, -0.2) is 11.0 Å². The average molecular weight is 353 g/mol. The Morgan fingerprint density at radius 2 is 2.20 bits per heavy atom. The zero-order chi connectivity index (χ0) is 14.1. The van der Waals surface area contributed by atoms with E-state index in [1.54, 1.807) is 17.4 Å². The summed E-state index contributed by atoms with van der Waals surface area (Å²) in [6.07, 6.45) is 2.22. The van der Waals surface area contributed by atoms with E-state index < -0.39 is 0 Å². The van der Waals surface area contributed by atoms with Gasteiger partial charge in [0.1, 0.15) is 5.69 Å². The average Bonchev–Trinajstić information content (AvgIpc) is 3.13. The minimum atomic E-state index is -0.302. The summed E-state index contributed by atoms with van der Waals surface area (Å²) in [7, 11) is 0. The van der Waals surface area contributed by atoms with Gasteiger partial charge in [0.2, 0.25) is 0 Å². The van der Waals surface area contributed by atoms with Crippen molar-refractivity contribution in [2.24, 2.45) is 0 Å². The van der Waals surface area contributed by atoms with E-state index in [1.165, 1.54) is 5.56 Å². The van der Waals surface area contributed by atoms with Crippen LogP contribution in [0.2, 0.25) is 0 Å². The van der Waals surface area contributed by atoms with E-state index in [1.807, 2.05) is 17.5 Å². The molecule has 0 unspecified atom stereocenters. The minimum absolute atomic E-state index is 0.168. The van der Waals surface area contributed by atoms with E-state index in [9.17, 15) is 10.1 Å². The first kappa shape index (κ1) is 13.6. The SMILES string of the molecule is O=[N+]([O-])c1cc(Br)ccc1N(Cc1ccsc1)C1CC1. The standard InChI is InChI=1S/C14H13BrN2O2S/c15-11-1-4-13(14(7-11)17(18)19)16(12-2-3-12)8-10-5-6-20-9-10/h1,4-7,9,12H,2-3,8H2. The Kier molecular flexibility index (Phi) is 3.76. The summed E-state index contributed by atoms with van der Waals surface area (Å²) in [4.78, 5) is 13.1. The molecule has 1 aliphatic carbocycles. The van der Waals surface area contributed by atoms with Crippen LogP contribution in [0.1, 0.15) is 18.4 Å². The van der Waals surface area contributed by atoms with E-state index in [-0.39, 0.29) is 10.6 Å². The number of halogens is 1. The Balaban J connectivity index is 1.97. The molecule has 0 aliphatic heterocycles. The number of nitro benzene ring substituents is 1. The molecule has 1 aromatic heterocycles. The van der Waals surface area contributed by atoms with Crippen molar-refractivity contribution < 1.29 is 4.92 Å². The number of rotatable bonds is 5. The molecule has 0 atom stereocenters. The van der Waals surface area contributed by atoms with Gasteiger partial charge in [-0.2, -0.15) is 11.3 Å². The molecule has 1 saturated carbocycles. The zero-order valence-corrected chi connectivity index (χ0v) is 13.1. The molecule has 1 aromatic carbocycles. The lowest BCUT2D eigenvalue weighted by Gasteiger charge is -2.24. The molecule has 0 amide bonds. The Morgan fingerprint density at radius 3 is 2.80 bits per heavy atom. The number of thiophene rings is 1. The van der Waals surface area contributed by atoms with Crippen LogP contribution in [0.3, 0.4) is 0 Å². The van der Waals surface area contributed by atoms with Crippen molar-refractivity contribution in [1.29, 1.82) is 0 Å². The first-order valence-corrected chi connectivity index (χ1v) is 8.10. The van der Waals surface area contributed by atoms with Gasteiger partial charge in [0, 0.05) is 23.1 Å². The summed E-state index contributed by atoms with van der Waals surface area (Å²) in [6.45, 7) is 0.733. The zero-order valence-electron chi connectivity index (χ0n) is 10.7. The van der Waals surface area contributed by atoms with Crippen molar-refractivity contribution in [1.82, 2.24) is 0 Å². The molecule has 0 radical (unpaired) electrons. The third-order valence-corrected chi connectivity index (χ3v) is 4.59.